The summed E-state index contributed by atoms with van der Waals surface area (Å²) < 4.78 is 0. The topological polar surface area (TPSA) is 40.5 Å². The summed E-state index contributed by atoms with van der Waals surface area (Å²) in [5.41, 5.74) is 4.65. The first kappa shape index (κ1) is 16.0. The Bertz CT molecular complexity index is 529. The summed E-state index contributed by atoms with van der Waals surface area (Å²) in [5, 5.41) is 9.49. The molecule has 1 aliphatic rings. The highest BCUT2D eigenvalue weighted by molar-refractivity contribution is 5.74. The number of likely N-dealkylation sites (tertiary alicyclic amines) is 1. The lowest BCUT2D eigenvalue weighted by Crippen LogP contribution is -2.47. The Morgan fingerprint density at radius 1 is 1.29 bits per heavy atom. The molecule has 1 heterocycles. The monoisotopic (exact) mass is 289 g/mol. The van der Waals surface area contributed by atoms with Crippen LogP contribution in [0.25, 0.3) is 0 Å². The first-order valence-electron chi connectivity index (χ1n) is 7.80. The van der Waals surface area contributed by atoms with E-state index >= 15 is 0 Å². The van der Waals surface area contributed by atoms with E-state index in [0.29, 0.717) is 6.54 Å². The second-order valence-corrected chi connectivity index (χ2v) is 6.93. The predicted molar refractivity (Wildman–Crippen MR) is 85.6 cm³/mol. The molecule has 21 heavy (non-hydrogen) atoms. The summed E-state index contributed by atoms with van der Waals surface area (Å²) in [6.45, 7) is 12.1. The molecule has 0 aliphatic carbocycles. The Labute approximate surface area is 128 Å². The van der Waals surface area contributed by atoms with Crippen LogP contribution in [0.1, 0.15) is 55.0 Å². The normalized spacial score (nSPS) is 24.8. The largest absolute Gasteiger partial charge is 0.481 e. The Morgan fingerprint density at radius 3 is 2.38 bits per heavy atom. The maximum atomic E-state index is 11.5. The summed E-state index contributed by atoms with van der Waals surface area (Å²) in [5.74, 6) is -0.670. The van der Waals surface area contributed by atoms with Gasteiger partial charge in [0.2, 0.25) is 0 Å². The summed E-state index contributed by atoms with van der Waals surface area (Å²) in [6, 6.07) is 4.71. The Balaban J connectivity index is 2.28. The molecule has 0 aromatic heterocycles. The number of rotatable bonds is 3. The van der Waals surface area contributed by atoms with Gasteiger partial charge in [-0.05, 0) is 70.7 Å². The van der Waals surface area contributed by atoms with E-state index in [1.165, 1.54) is 22.3 Å². The SMILES string of the molecule is Cc1cc(C)c(C(C)N2CCCC(C)(C(=O)O)C2)c(C)c1. The molecule has 1 aromatic carbocycles. The third-order valence-electron chi connectivity index (χ3n) is 4.95. The Hall–Kier alpha value is -1.35. The van der Waals surface area contributed by atoms with E-state index in [1.807, 2.05) is 6.92 Å². The van der Waals surface area contributed by atoms with Gasteiger partial charge in [0.15, 0.2) is 0 Å². The van der Waals surface area contributed by atoms with Crippen LogP contribution in [0.5, 0.6) is 0 Å². The number of aliphatic carboxylic acids is 1. The summed E-state index contributed by atoms with van der Waals surface area (Å²) >= 11 is 0. The lowest BCUT2D eigenvalue weighted by Gasteiger charge is -2.41. The van der Waals surface area contributed by atoms with Crippen molar-refractivity contribution in [1.29, 1.82) is 0 Å². The van der Waals surface area contributed by atoms with Crippen LogP contribution in [0.3, 0.4) is 0 Å². The minimum Gasteiger partial charge on any atom is -0.481 e. The van der Waals surface area contributed by atoms with Crippen molar-refractivity contribution >= 4 is 5.97 Å². The number of carboxylic acid groups (broad SMARTS) is 1. The first-order chi connectivity index (χ1) is 9.74. The molecule has 0 spiro atoms. The fraction of sp³-hybridized carbons (Fsp3) is 0.611. The van der Waals surface area contributed by atoms with Crippen molar-refractivity contribution in [2.75, 3.05) is 13.1 Å². The van der Waals surface area contributed by atoms with Crippen molar-refractivity contribution in [2.24, 2.45) is 5.41 Å². The van der Waals surface area contributed by atoms with Gasteiger partial charge in [0.1, 0.15) is 0 Å². The third-order valence-corrected chi connectivity index (χ3v) is 4.95. The van der Waals surface area contributed by atoms with Crippen LogP contribution in [-0.4, -0.2) is 29.1 Å². The first-order valence-corrected chi connectivity index (χ1v) is 7.80. The van der Waals surface area contributed by atoms with Crippen molar-refractivity contribution in [2.45, 2.75) is 53.5 Å². The number of benzene rings is 1. The zero-order valence-corrected chi connectivity index (χ0v) is 13.9. The molecule has 1 saturated heterocycles. The Morgan fingerprint density at radius 2 is 1.86 bits per heavy atom. The molecule has 1 N–H and O–H groups in total. The molecule has 3 heteroatoms. The smallest absolute Gasteiger partial charge is 0.310 e. The van der Waals surface area contributed by atoms with Gasteiger partial charge in [0.05, 0.1) is 5.41 Å². The molecule has 2 atom stereocenters. The van der Waals surface area contributed by atoms with Gasteiger partial charge < -0.3 is 5.11 Å². The molecule has 1 aliphatic heterocycles. The van der Waals surface area contributed by atoms with E-state index in [-0.39, 0.29) is 6.04 Å². The molecular formula is C18H27NO2. The number of carboxylic acids is 1. The maximum Gasteiger partial charge on any atom is 0.310 e. The average molecular weight is 289 g/mol. The van der Waals surface area contributed by atoms with E-state index in [0.717, 1.165) is 19.4 Å². The van der Waals surface area contributed by atoms with Crippen LogP contribution in [0.2, 0.25) is 0 Å². The molecule has 116 valence electrons. The molecular weight excluding hydrogens is 262 g/mol. The average Bonchev–Trinajstić information content (AvgIpc) is 2.37. The predicted octanol–water partition coefficient (Wildman–Crippen LogP) is 3.86. The molecule has 2 rings (SSSR count). The summed E-state index contributed by atoms with van der Waals surface area (Å²) in [7, 11) is 0. The number of aryl methyl sites for hydroxylation is 3. The van der Waals surface area contributed by atoms with Crippen LogP contribution in [0.15, 0.2) is 12.1 Å². The summed E-state index contributed by atoms with van der Waals surface area (Å²) in [4.78, 5) is 13.9. The van der Waals surface area contributed by atoms with Gasteiger partial charge >= 0.3 is 5.97 Å². The molecule has 1 aromatic rings. The highest BCUT2D eigenvalue weighted by Gasteiger charge is 2.39. The second kappa shape index (κ2) is 5.80. The van der Waals surface area contributed by atoms with Crippen molar-refractivity contribution in [3.63, 3.8) is 0 Å². The Kier molecular flexibility index (Phi) is 4.43. The van der Waals surface area contributed by atoms with Gasteiger partial charge in [-0.3, -0.25) is 9.69 Å². The van der Waals surface area contributed by atoms with Crippen LogP contribution >= 0.6 is 0 Å². The van der Waals surface area contributed by atoms with Crippen molar-refractivity contribution in [3.05, 3.63) is 34.4 Å². The zero-order valence-electron chi connectivity index (χ0n) is 13.9. The molecule has 0 amide bonds. The highest BCUT2D eigenvalue weighted by Crippen LogP contribution is 2.36. The second-order valence-electron chi connectivity index (χ2n) is 6.93. The van der Waals surface area contributed by atoms with Gasteiger partial charge in [-0.1, -0.05) is 17.7 Å². The standard InChI is InChI=1S/C18H27NO2/c1-12-9-13(2)16(14(3)10-12)15(4)19-8-6-7-18(5,11-19)17(20)21/h9-10,15H,6-8,11H2,1-5H3,(H,20,21). The molecule has 2 unspecified atom stereocenters. The van der Waals surface area contributed by atoms with Crippen LogP contribution in [0, 0.1) is 26.2 Å². The fourth-order valence-electron chi connectivity index (χ4n) is 3.82. The number of carbonyl (C=O) groups is 1. The minimum absolute atomic E-state index is 0.268. The number of nitrogens with zero attached hydrogens (tertiary/aromatic N) is 1. The quantitative estimate of drug-likeness (QED) is 0.918. The van der Waals surface area contributed by atoms with Gasteiger partial charge in [-0.15, -0.1) is 0 Å². The van der Waals surface area contributed by atoms with E-state index in [1.54, 1.807) is 0 Å². The van der Waals surface area contributed by atoms with E-state index in [2.05, 4.69) is 44.7 Å². The summed E-state index contributed by atoms with van der Waals surface area (Å²) in [6.07, 6.45) is 1.73. The van der Waals surface area contributed by atoms with Gasteiger partial charge in [0.25, 0.3) is 0 Å². The third kappa shape index (κ3) is 3.13. The van der Waals surface area contributed by atoms with E-state index in [4.69, 9.17) is 0 Å². The molecule has 3 nitrogen and oxygen atoms in total. The fourth-order valence-corrected chi connectivity index (χ4v) is 3.82. The number of piperidine rings is 1. The highest BCUT2D eigenvalue weighted by atomic mass is 16.4. The maximum absolute atomic E-state index is 11.5. The molecule has 0 radical (unpaired) electrons. The van der Waals surface area contributed by atoms with Gasteiger partial charge in [-0.25, -0.2) is 0 Å². The minimum atomic E-state index is -0.670. The van der Waals surface area contributed by atoms with Crippen LogP contribution < -0.4 is 0 Å². The number of hydrogen-bond acceptors (Lipinski definition) is 2. The molecule has 0 bridgehead atoms. The van der Waals surface area contributed by atoms with Crippen LogP contribution in [-0.2, 0) is 4.79 Å². The van der Waals surface area contributed by atoms with Crippen molar-refractivity contribution < 1.29 is 9.90 Å². The van der Waals surface area contributed by atoms with Crippen LogP contribution in [0.4, 0.5) is 0 Å². The molecule has 0 saturated carbocycles. The van der Waals surface area contributed by atoms with Crippen molar-refractivity contribution in [1.82, 2.24) is 4.90 Å². The zero-order chi connectivity index (χ0) is 15.8. The van der Waals surface area contributed by atoms with Gasteiger partial charge in [0, 0.05) is 12.6 Å². The van der Waals surface area contributed by atoms with Crippen molar-refractivity contribution in [3.8, 4) is 0 Å². The lowest BCUT2D eigenvalue weighted by atomic mass is 9.80. The van der Waals surface area contributed by atoms with E-state index in [9.17, 15) is 9.90 Å². The van der Waals surface area contributed by atoms with E-state index < -0.39 is 11.4 Å². The van der Waals surface area contributed by atoms with Gasteiger partial charge in [-0.2, -0.15) is 0 Å². The lowest BCUT2D eigenvalue weighted by molar-refractivity contribution is -0.151. The molecule has 1 fully saturated rings. The number of hydrogen-bond donors (Lipinski definition) is 1.